The molecule has 0 saturated carbocycles. The Hall–Kier alpha value is -2.36. The predicted molar refractivity (Wildman–Crippen MR) is 124 cm³/mol. The van der Waals surface area contributed by atoms with Crippen LogP contribution in [-0.2, 0) is 0 Å². The first-order chi connectivity index (χ1) is 14.5. The fourth-order valence-corrected chi connectivity index (χ4v) is 3.63. The first-order valence-corrected chi connectivity index (χ1v) is 10.4. The van der Waals surface area contributed by atoms with Crippen molar-refractivity contribution < 1.29 is 9.47 Å². The van der Waals surface area contributed by atoms with Gasteiger partial charge in [0.25, 0.3) is 0 Å². The van der Waals surface area contributed by atoms with Gasteiger partial charge in [-0.05, 0) is 60.2 Å². The third kappa shape index (κ3) is 5.03. The second kappa shape index (κ2) is 9.20. The summed E-state index contributed by atoms with van der Waals surface area (Å²) in [5, 5.41) is 1.89. The lowest BCUT2D eigenvalue weighted by atomic mass is 10.0. The van der Waals surface area contributed by atoms with E-state index in [4.69, 9.17) is 55.9 Å². The molecule has 4 rings (SSSR count). The number of benzene rings is 4. The molecular weight excluding hydrogens is 462 g/mol. The van der Waals surface area contributed by atoms with Gasteiger partial charge < -0.3 is 9.47 Å². The maximum Gasteiger partial charge on any atom is 0.135 e. The fourth-order valence-electron chi connectivity index (χ4n) is 2.84. The molecule has 0 heterocycles. The van der Waals surface area contributed by atoms with Crippen molar-refractivity contribution in [3.05, 3.63) is 105 Å². The molecule has 4 aromatic carbocycles. The SMILES string of the molecule is Clc1cc(Cl)cc(Oc2cccc(-c3[c]cccc3Oc3ccc(Cl)c(Cl)c3)c2)c1. The van der Waals surface area contributed by atoms with Crippen LogP contribution in [0.1, 0.15) is 0 Å². The Balaban J connectivity index is 1.64. The first kappa shape index (κ1) is 20.9. The van der Waals surface area contributed by atoms with Crippen LogP contribution in [0, 0.1) is 6.07 Å². The van der Waals surface area contributed by atoms with Gasteiger partial charge in [-0.3, -0.25) is 0 Å². The molecule has 0 fully saturated rings. The second-order valence-electron chi connectivity index (χ2n) is 6.32. The van der Waals surface area contributed by atoms with Gasteiger partial charge in [0, 0.05) is 21.7 Å². The summed E-state index contributed by atoms with van der Waals surface area (Å²) in [4.78, 5) is 0. The van der Waals surface area contributed by atoms with Gasteiger partial charge in [-0.2, -0.15) is 0 Å². The zero-order valence-electron chi connectivity index (χ0n) is 15.3. The van der Waals surface area contributed by atoms with Crippen molar-refractivity contribution in [2.75, 3.05) is 0 Å². The fraction of sp³-hybridized carbons (Fsp3) is 0. The molecule has 0 aromatic heterocycles. The van der Waals surface area contributed by atoms with E-state index in [0.29, 0.717) is 43.1 Å². The molecule has 6 heteroatoms. The van der Waals surface area contributed by atoms with E-state index in [1.54, 1.807) is 36.4 Å². The van der Waals surface area contributed by atoms with E-state index in [9.17, 15) is 0 Å². The molecule has 2 nitrogen and oxygen atoms in total. The van der Waals surface area contributed by atoms with Gasteiger partial charge in [-0.25, -0.2) is 0 Å². The summed E-state index contributed by atoms with van der Waals surface area (Å²) in [7, 11) is 0. The number of ether oxygens (including phenoxy) is 2. The maximum absolute atomic E-state index is 6.10. The van der Waals surface area contributed by atoms with Crippen LogP contribution in [0.15, 0.2) is 78.9 Å². The molecule has 0 spiro atoms. The van der Waals surface area contributed by atoms with E-state index < -0.39 is 0 Å². The molecule has 149 valence electrons. The Morgan fingerprint density at radius 3 is 2.13 bits per heavy atom. The summed E-state index contributed by atoms with van der Waals surface area (Å²) in [6.45, 7) is 0. The quantitative estimate of drug-likeness (QED) is 0.286. The average molecular weight is 475 g/mol. The smallest absolute Gasteiger partial charge is 0.135 e. The summed E-state index contributed by atoms with van der Waals surface area (Å²) in [5.74, 6) is 2.38. The summed E-state index contributed by atoms with van der Waals surface area (Å²) in [5.41, 5.74) is 1.65. The second-order valence-corrected chi connectivity index (χ2v) is 8.01. The summed E-state index contributed by atoms with van der Waals surface area (Å²) in [6.07, 6.45) is 0. The number of halogens is 4. The van der Waals surface area contributed by atoms with Crippen LogP contribution >= 0.6 is 46.4 Å². The van der Waals surface area contributed by atoms with E-state index in [0.717, 1.165) is 11.1 Å². The molecular formula is C24H13Cl4O2. The zero-order valence-corrected chi connectivity index (χ0v) is 18.4. The molecule has 4 aromatic rings. The van der Waals surface area contributed by atoms with Crippen LogP contribution in [0.2, 0.25) is 20.1 Å². The lowest BCUT2D eigenvalue weighted by Crippen LogP contribution is -1.90. The van der Waals surface area contributed by atoms with Gasteiger partial charge in [0.1, 0.15) is 23.0 Å². The van der Waals surface area contributed by atoms with Crippen molar-refractivity contribution in [1.82, 2.24) is 0 Å². The maximum atomic E-state index is 6.10. The van der Waals surface area contributed by atoms with Crippen molar-refractivity contribution in [1.29, 1.82) is 0 Å². The highest BCUT2D eigenvalue weighted by atomic mass is 35.5. The topological polar surface area (TPSA) is 18.5 Å². The molecule has 0 aliphatic carbocycles. The monoisotopic (exact) mass is 473 g/mol. The van der Waals surface area contributed by atoms with E-state index in [-0.39, 0.29) is 0 Å². The van der Waals surface area contributed by atoms with E-state index in [1.165, 1.54) is 0 Å². The summed E-state index contributed by atoms with van der Waals surface area (Å²) < 4.78 is 12.0. The van der Waals surface area contributed by atoms with E-state index in [1.807, 2.05) is 42.5 Å². The third-order valence-corrected chi connectivity index (χ3v) is 5.31. The molecule has 0 amide bonds. The first-order valence-electron chi connectivity index (χ1n) is 8.86. The normalized spacial score (nSPS) is 10.7. The van der Waals surface area contributed by atoms with Crippen LogP contribution < -0.4 is 9.47 Å². The zero-order chi connectivity index (χ0) is 21.1. The Morgan fingerprint density at radius 2 is 1.37 bits per heavy atom. The third-order valence-electron chi connectivity index (χ3n) is 4.13. The predicted octanol–water partition coefficient (Wildman–Crippen LogP) is 9.35. The van der Waals surface area contributed by atoms with E-state index >= 15 is 0 Å². The largest absolute Gasteiger partial charge is 0.457 e. The molecule has 0 unspecified atom stereocenters. The van der Waals surface area contributed by atoms with Crippen LogP contribution in [0.5, 0.6) is 23.0 Å². The summed E-state index contributed by atoms with van der Waals surface area (Å²) >= 11 is 24.2. The van der Waals surface area contributed by atoms with Gasteiger partial charge in [-0.15, -0.1) is 0 Å². The number of hydrogen-bond donors (Lipinski definition) is 0. The Bertz CT molecular complexity index is 1190. The van der Waals surface area contributed by atoms with Gasteiger partial charge in [0.15, 0.2) is 0 Å². The molecule has 0 aliphatic rings. The molecule has 30 heavy (non-hydrogen) atoms. The van der Waals surface area contributed by atoms with Crippen molar-refractivity contribution in [2.45, 2.75) is 0 Å². The van der Waals surface area contributed by atoms with Gasteiger partial charge in [0.2, 0.25) is 0 Å². The van der Waals surface area contributed by atoms with Crippen molar-refractivity contribution in [2.24, 2.45) is 0 Å². The molecule has 0 atom stereocenters. The van der Waals surface area contributed by atoms with Crippen molar-refractivity contribution in [3.63, 3.8) is 0 Å². The number of hydrogen-bond acceptors (Lipinski definition) is 2. The minimum Gasteiger partial charge on any atom is -0.457 e. The minimum absolute atomic E-state index is 0.422. The molecule has 0 aliphatic heterocycles. The minimum atomic E-state index is 0.422. The lowest BCUT2D eigenvalue weighted by Gasteiger charge is -2.13. The summed E-state index contributed by atoms with van der Waals surface area (Å²) in [6, 6.07) is 26.5. The highest BCUT2D eigenvalue weighted by Gasteiger charge is 2.10. The van der Waals surface area contributed by atoms with Crippen molar-refractivity contribution in [3.8, 4) is 34.1 Å². The average Bonchev–Trinajstić information content (AvgIpc) is 2.71. The van der Waals surface area contributed by atoms with E-state index in [2.05, 4.69) is 6.07 Å². The van der Waals surface area contributed by atoms with Crippen molar-refractivity contribution >= 4 is 46.4 Å². The van der Waals surface area contributed by atoms with Gasteiger partial charge >= 0.3 is 0 Å². The van der Waals surface area contributed by atoms with Crippen LogP contribution in [0.25, 0.3) is 11.1 Å². The standard InChI is InChI=1S/C24H13Cl4O2/c25-16-11-17(26)13-20(12-16)29-18-5-3-4-15(10-18)21-6-1-2-7-24(21)30-19-8-9-22(27)23(28)14-19/h1-5,7-14H. The number of rotatable bonds is 5. The molecule has 0 N–H and O–H groups in total. The van der Waals surface area contributed by atoms with Crippen LogP contribution in [0.4, 0.5) is 0 Å². The van der Waals surface area contributed by atoms with Gasteiger partial charge in [-0.1, -0.05) is 70.7 Å². The molecule has 0 saturated heterocycles. The lowest BCUT2D eigenvalue weighted by molar-refractivity contribution is 0.481. The van der Waals surface area contributed by atoms with Crippen LogP contribution in [-0.4, -0.2) is 0 Å². The Morgan fingerprint density at radius 1 is 0.600 bits per heavy atom. The molecule has 0 bridgehead atoms. The molecule has 1 radical (unpaired) electrons. The highest BCUT2D eigenvalue weighted by molar-refractivity contribution is 6.42. The van der Waals surface area contributed by atoms with Gasteiger partial charge in [0.05, 0.1) is 10.0 Å². The Kier molecular flexibility index (Phi) is 6.40. The highest BCUT2D eigenvalue weighted by Crippen LogP contribution is 2.37. The van der Waals surface area contributed by atoms with Crippen LogP contribution in [0.3, 0.4) is 0 Å². The Labute approximate surface area is 194 Å².